The van der Waals surface area contributed by atoms with Crippen LogP contribution in [0.5, 0.6) is 0 Å². The van der Waals surface area contributed by atoms with E-state index in [2.05, 4.69) is 11.8 Å². The Kier molecular flexibility index (Phi) is 2.58. The average molecular weight is 185 g/mol. The van der Waals surface area contributed by atoms with Gasteiger partial charge in [0.1, 0.15) is 0 Å². The van der Waals surface area contributed by atoms with Crippen LogP contribution in [0.15, 0.2) is 0 Å². The Morgan fingerprint density at radius 1 is 1.46 bits per heavy atom. The number of hydrogen-bond donors (Lipinski definition) is 1. The average Bonchev–Trinajstić information content (AvgIpc) is 2.17. The van der Waals surface area contributed by atoms with Gasteiger partial charge in [-0.15, -0.1) is 0 Å². The number of aliphatic hydroxyl groups is 1. The lowest BCUT2D eigenvalue weighted by molar-refractivity contribution is -0.104. The van der Waals surface area contributed by atoms with Gasteiger partial charge in [0.15, 0.2) is 0 Å². The molecule has 1 unspecified atom stereocenters. The van der Waals surface area contributed by atoms with Crippen LogP contribution in [0.1, 0.15) is 26.2 Å². The van der Waals surface area contributed by atoms with Crippen LogP contribution in [0, 0.1) is 0 Å². The molecule has 1 N–H and O–H groups in total. The van der Waals surface area contributed by atoms with Crippen LogP contribution < -0.4 is 0 Å². The Bertz CT molecular complexity index is 178. The SMILES string of the molecule is CC1CCN1C1(CO)CCOCC1. The molecule has 13 heavy (non-hydrogen) atoms. The second-order valence-corrected chi connectivity index (χ2v) is 4.33. The summed E-state index contributed by atoms with van der Waals surface area (Å²) in [5.41, 5.74) is 0.0515. The van der Waals surface area contributed by atoms with Crippen molar-refractivity contribution in [2.75, 3.05) is 26.4 Å². The fraction of sp³-hybridized carbons (Fsp3) is 1.00. The Balaban J connectivity index is 2.04. The van der Waals surface area contributed by atoms with E-state index < -0.39 is 0 Å². The summed E-state index contributed by atoms with van der Waals surface area (Å²) in [6.07, 6.45) is 3.27. The van der Waals surface area contributed by atoms with Crippen molar-refractivity contribution in [1.29, 1.82) is 0 Å². The van der Waals surface area contributed by atoms with Gasteiger partial charge in [0, 0.05) is 31.3 Å². The van der Waals surface area contributed by atoms with Crippen molar-refractivity contribution < 1.29 is 9.84 Å². The normalized spacial score (nSPS) is 34.2. The van der Waals surface area contributed by atoms with E-state index in [1.165, 1.54) is 6.42 Å². The highest BCUT2D eigenvalue weighted by atomic mass is 16.5. The number of aliphatic hydroxyl groups excluding tert-OH is 1. The lowest BCUT2D eigenvalue weighted by Gasteiger charge is -2.53. The zero-order valence-corrected chi connectivity index (χ0v) is 8.33. The van der Waals surface area contributed by atoms with E-state index in [9.17, 15) is 5.11 Å². The molecular weight excluding hydrogens is 166 g/mol. The van der Waals surface area contributed by atoms with Gasteiger partial charge < -0.3 is 9.84 Å². The van der Waals surface area contributed by atoms with Crippen LogP contribution in [0.2, 0.25) is 0 Å². The highest BCUT2D eigenvalue weighted by molar-refractivity contribution is 4.98. The summed E-state index contributed by atoms with van der Waals surface area (Å²) >= 11 is 0. The van der Waals surface area contributed by atoms with E-state index >= 15 is 0 Å². The van der Waals surface area contributed by atoms with Crippen LogP contribution in [0.3, 0.4) is 0 Å². The van der Waals surface area contributed by atoms with Gasteiger partial charge in [-0.3, -0.25) is 4.90 Å². The standard InChI is InChI=1S/C10H19NO2/c1-9-2-5-11(9)10(8-12)3-6-13-7-4-10/h9,12H,2-8H2,1H3. The predicted molar refractivity (Wildman–Crippen MR) is 50.7 cm³/mol. The minimum atomic E-state index is 0.0515. The van der Waals surface area contributed by atoms with E-state index in [0.29, 0.717) is 12.6 Å². The molecule has 2 aliphatic heterocycles. The van der Waals surface area contributed by atoms with Crippen molar-refractivity contribution in [3.63, 3.8) is 0 Å². The molecule has 0 aromatic rings. The fourth-order valence-corrected chi connectivity index (χ4v) is 2.51. The largest absolute Gasteiger partial charge is 0.394 e. The van der Waals surface area contributed by atoms with Gasteiger partial charge in [0.05, 0.1) is 6.61 Å². The molecule has 0 aromatic heterocycles. The van der Waals surface area contributed by atoms with E-state index in [1.54, 1.807) is 0 Å². The summed E-state index contributed by atoms with van der Waals surface area (Å²) in [6.45, 7) is 5.31. The number of hydrogen-bond acceptors (Lipinski definition) is 3. The van der Waals surface area contributed by atoms with E-state index in [0.717, 1.165) is 32.6 Å². The fourth-order valence-electron chi connectivity index (χ4n) is 2.51. The summed E-state index contributed by atoms with van der Waals surface area (Å²) in [5, 5.41) is 9.50. The van der Waals surface area contributed by atoms with Gasteiger partial charge in [0.25, 0.3) is 0 Å². The van der Waals surface area contributed by atoms with Gasteiger partial charge in [0.2, 0.25) is 0 Å². The molecule has 2 fully saturated rings. The molecule has 2 aliphatic rings. The molecule has 0 saturated carbocycles. The summed E-state index contributed by atoms with van der Waals surface area (Å²) in [7, 11) is 0. The third-order valence-corrected chi connectivity index (χ3v) is 3.65. The van der Waals surface area contributed by atoms with Gasteiger partial charge in [-0.1, -0.05) is 0 Å². The molecule has 76 valence electrons. The molecule has 0 radical (unpaired) electrons. The minimum Gasteiger partial charge on any atom is -0.394 e. The molecule has 2 heterocycles. The Morgan fingerprint density at radius 2 is 2.15 bits per heavy atom. The monoisotopic (exact) mass is 185 g/mol. The maximum absolute atomic E-state index is 9.50. The van der Waals surface area contributed by atoms with Gasteiger partial charge >= 0.3 is 0 Å². The third-order valence-electron chi connectivity index (χ3n) is 3.65. The molecule has 3 heteroatoms. The smallest absolute Gasteiger partial charge is 0.0617 e. The van der Waals surface area contributed by atoms with Crippen molar-refractivity contribution in [3.8, 4) is 0 Å². The van der Waals surface area contributed by atoms with E-state index in [1.807, 2.05) is 0 Å². The second kappa shape index (κ2) is 3.56. The number of nitrogens with zero attached hydrogens (tertiary/aromatic N) is 1. The number of ether oxygens (including phenoxy) is 1. The van der Waals surface area contributed by atoms with E-state index in [-0.39, 0.29) is 5.54 Å². The first-order chi connectivity index (χ1) is 6.28. The first kappa shape index (κ1) is 9.44. The second-order valence-electron chi connectivity index (χ2n) is 4.33. The maximum atomic E-state index is 9.50. The first-order valence-electron chi connectivity index (χ1n) is 5.24. The van der Waals surface area contributed by atoms with Crippen LogP contribution in [0.4, 0.5) is 0 Å². The van der Waals surface area contributed by atoms with Crippen molar-refractivity contribution in [2.45, 2.75) is 37.8 Å². The Morgan fingerprint density at radius 3 is 2.54 bits per heavy atom. The lowest BCUT2D eigenvalue weighted by atomic mass is 9.84. The molecule has 2 rings (SSSR count). The van der Waals surface area contributed by atoms with Crippen molar-refractivity contribution in [3.05, 3.63) is 0 Å². The van der Waals surface area contributed by atoms with Crippen molar-refractivity contribution >= 4 is 0 Å². The van der Waals surface area contributed by atoms with Crippen LogP contribution >= 0.6 is 0 Å². The predicted octanol–water partition coefficient (Wildman–Crippen LogP) is 0.622. The third kappa shape index (κ3) is 1.49. The van der Waals surface area contributed by atoms with Crippen LogP contribution in [-0.4, -0.2) is 48.0 Å². The molecule has 0 aromatic carbocycles. The Hall–Kier alpha value is -0.120. The quantitative estimate of drug-likeness (QED) is 0.684. The molecule has 1 atom stereocenters. The maximum Gasteiger partial charge on any atom is 0.0617 e. The molecule has 0 bridgehead atoms. The summed E-state index contributed by atoms with van der Waals surface area (Å²) in [6, 6.07) is 0.658. The number of rotatable bonds is 2. The Labute approximate surface area is 79.7 Å². The van der Waals surface area contributed by atoms with Gasteiger partial charge in [-0.25, -0.2) is 0 Å². The zero-order valence-electron chi connectivity index (χ0n) is 8.33. The molecular formula is C10H19NO2. The van der Waals surface area contributed by atoms with Crippen molar-refractivity contribution in [2.24, 2.45) is 0 Å². The van der Waals surface area contributed by atoms with Crippen LogP contribution in [0.25, 0.3) is 0 Å². The lowest BCUT2D eigenvalue weighted by Crippen LogP contribution is -2.63. The van der Waals surface area contributed by atoms with Gasteiger partial charge in [-0.2, -0.15) is 0 Å². The highest BCUT2D eigenvalue weighted by Crippen LogP contribution is 2.34. The molecule has 0 spiro atoms. The van der Waals surface area contributed by atoms with Crippen molar-refractivity contribution in [1.82, 2.24) is 4.90 Å². The summed E-state index contributed by atoms with van der Waals surface area (Å²) in [4.78, 5) is 2.45. The molecule has 0 aliphatic carbocycles. The molecule has 2 saturated heterocycles. The topological polar surface area (TPSA) is 32.7 Å². The highest BCUT2D eigenvalue weighted by Gasteiger charge is 2.43. The van der Waals surface area contributed by atoms with Crippen LogP contribution in [-0.2, 0) is 4.74 Å². The zero-order chi connectivity index (χ0) is 9.31. The summed E-state index contributed by atoms with van der Waals surface area (Å²) in [5.74, 6) is 0. The first-order valence-corrected chi connectivity index (χ1v) is 5.24. The minimum absolute atomic E-state index is 0.0515. The van der Waals surface area contributed by atoms with Gasteiger partial charge in [-0.05, 0) is 26.2 Å². The summed E-state index contributed by atoms with van der Waals surface area (Å²) < 4.78 is 5.34. The molecule has 3 nitrogen and oxygen atoms in total. The molecule has 0 amide bonds. The number of likely N-dealkylation sites (tertiary alicyclic amines) is 1. The van der Waals surface area contributed by atoms with E-state index in [4.69, 9.17) is 4.74 Å².